The molecule has 16 heavy (non-hydrogen) atoms. The molecule has 0 radical (unpaired) electrons. The van der Waals surface area contributed by atoms with Crippen LogP contribution in [-0.2, 0) is 13.0 Å². The second-order valence-corrected chi connectivity index (χ2v) is 5.61. The van der Waals surface area contributed by atoms with Crippen LogP contribution < -0.4 is 5.32 Å². The van der Waals surface area contributed by atoms with Gasteiger partial charge in [0.2, 0.25) is 0 Å². The van der Waals surface area contributed by atoms with Crippen LogP contribution in [0.3, 0.4) is 0 Å². The summed E-state index contributed by atoms with van der Waals surface area (Å²) in [5, 5.41) is 4.53. The van der Waals surface area contributed by atoms with Crippen LogP contribution in [0.15, 0.2) is 0 Å². The average molecular weight is 239 g/mol. The molecule has 0 saturated heterocycles. The number of aromatic nitrogens is 1. The molecule has 4 heteroatoms. The Bertz CT molecular complexity index is 348. The van der Waals surface area contributed by atoms with E-state index in [0.717, 1.165) is 26.1 Å². The topological polar surface area (TPSA) is 28.2 Å². The second kappa shape index (κ2) is 5.25. The third-order valence-electron chi connectivity index (χ3n) is 3.21. The smallest absolute Gasteiger partial charge is 0.0972 e. The highest BCUT2D eigenvalue weighted by Crippen LogP contribution is 2.28. The molecule has 0 aliphatic carbocycles. The highest BCUT2D eigenvalue weighted by Gasteiger charge is 2.21. The molecule has 1 aliphatic rings. The molecule has 0 fully saturated rings. The van der Waals surface area contributed by atoms with E-state index < -0.39 is 0 Å². The molecular formula is C12H21N3S. The monoisotopic (exact) mass is 239 g/mol. The number of thiazole rings is 1. The summed E-state index contributed by atoms with van der Waals surface area (Å²) in [4.78, 5) is 8.77. The summed E-state index contributed by atoms with van der Waals surface area (Å²) < 4.78 is 0. The number of hydrogen-bond acceptors (Lipinski definition) is 4. The van der Waals surface area contributed by atoms with Crippen LogP contribution in [0.1, 0.15) is 35.3 Å². The third kappa shape index (κ3) is 2.44. The van der Waals surface area contributed by atoms with Gasteiger partial charge < -0.3 is 5.32 Å². The van der Waals surface area contributed by atoms with Crippen molar-refractivity contribution in [1.82, 2.24) is 15.2 Å². The summed E-state index contributed by atoms with van der Waals surface area (Å²) in [6, 6.07) is 0. The first kappa shape index (κ1) is 12.0. The van der Waals surface area contributed by atoms with Crippen molar-refractivity contribution in [3.8, 4) is 0 Å². The van der Waals surface area contributed by atoms with Crippen molar-refractivity contribution in [3.05, 3.63) is 15.6 Å². The summed E-state index contributed by atoms with van der Waals surface area (Å²) in [5.74, 6) is 0.538. The Morgan fingerprint density at radius 1 is 1.56 bits per heavy atom. The molecule has 2 heterocycles. The standard InChI is InChI=1S/C12H21N3S/c1-4-15-6-5-10-11(8-15)16-12(14-10)9(2)7-13-3/h9,13H,4-8H2,1-3H3. The molecule has 90 valence electrons. The maximum atomic E-state index is 4.79. The number of nitrogens with zero attached hydrogens (tertiary/aromatic N) is 2. The van der Waals surface area contributed by atoms with Crippen LogP contribution in [0.4, 0.5) is 0 Å². The first-order chi connectivity index (χ1) is 7.74. The highest BCUT2D eigenvalue weighted by molar-refractivity contribution is 7.11. The quantitative estimate of drug-likeness (QED) is 0.869. The molecular weight excluding hydrogens is 218 g/mol. The van der Waals surface area contributed by atoms with Gasteiger partial charge in [0.1, 0.15) is 0 Å². The predicted octanol–water partition coefficient (Wildman–Crippen LogP) is 1.84. The van der Waals surface area contributed by atoms with Crippen molar-refractivity contribution in [2.75, 3.05) is 26.7 Å². The van der Waals surface area contributed by atoms with Gasteiger partial charge in [-0.15, -0.1) is 11.3 Å². The third-order valence-corrected chi connectivity index (χ3v) is 4.52. The van der Waals surface area contributed by atoms with Gasteiger partial charge in [-0.2, -0.15) is 0 Å². The molecule has 3 nitrogen and oxygen atoms in total. The van der Waals surface area contributed by atoms with Crippen LogP contribution in [0.25, 0.3) is 0 Å². The van der Waals surface area contributed by atoms with Crippen LogP contribution >= 0.6 is 11.3 Å². The number of rotatable bonds is 4. The van der Waals surface area contributed by atoms with E-state index in [4.69, 9.17) is 4.98 Å². The lowest BCUT2D eigenvalue weighted by Gasteiger charge is -2.23. The first-order valence-corrected chi connectivity index (χ1v) is 6.91. The van der Waals surface area contributed by atoms with Crippen molar-refractivity contribution in [2.24, 2.45) is 0 Å². The van der Waals surface area contributed by atoms with Gasteiger partial charge in [-0.25, -0.2) is 4.98 Å². The van der Waals surface area contributed by atoms with E-state index in [-0.39, 0.29) is 0 Å². The van der Waals surface area contributed by atoms with Crippen LogP contribution in [0.2, 0.25) is 0 Å². The maximum absolute atomic E-state index is 4.79. The minimum absolute atomic E-state index is 0.538. The molecule has 2 rings (SSSR count). The highest BCUT2D eigenvalue weighted by atomic mass is 32.1. The molecule has 0 spiro atoms. The number of likely N-dealkylation sites (N-methyl/N-ethyl adjacent to an activating group) is 2. The number of nitrogens with one attached hydrogen (secondary N) is 1. The van der Waals surface area contributed by atoms with Crippen LogP contribution in [-0.4, -0.2) is 36.6 Å². The van der Waals surface area contributed by atoms with Crippen LogP contribution in [0.5, 0.6) is 0 Å². The van der Waals surface area contributed by atoms with Gasteiger partial charge in [-0.05, 0) is 13.6 Å². The van der Waals surface area contributed by atoms with E-state index in [1.165, 1.54) is 22.1 Å². The molecule has 1 atom stereocenters. The lowest BCUT2D eigenvalue weighted by Crippen LogP contribution is -2.29. The summed E-state index contributed by atoms with van der Waals surface area (Å²) in [6.07, 6.45) is 1.13. The average Bonchev–Trinajstić information content (AvgIpc) is 2.71. The molecule has 0 saturated carbocycles. The fourth-order valence-corrected chi connectivity index (χ4v) is 3.35. The Labute approximate surface area is 102 Å². The van der Waals surface area contributed by atoms with Gasteiger partial charge >= 0.3 is 0 Å². The maximum Gasteiger partial charge on any atom is 0.0972 e. The molecule has 1 N–H and O–H groups in total. The second-order valence-electron chi connectivity index (χ2n) is 4.50. The van der Waals surface area contributed by atoms with E-state index in [9.17, 15) is 0 Å². The zero-order chi connectivity index (χ0) is 11.5. The molecule has 0 bridgehead atoms. The van der Waals surface area contributed by atoms with Crippen molar-refractivity contribution in [1.29, 1.82) is 0 Å². The van der Waals surface area contributed by atoms with Crippen LogP contribution in [0, 0.1) is 0 Å². The molecule has 0 aromatic carbocycles. The van der Waals surface area contributed by atoms with E-state index in [1.807, 2.05) is 18.4 Å². The Morgan fingerprint density at radius 2 is 2.38 bits per heavy atom. The molecule has 1 unspecified atom stereocenters. The summed E-state index contributed by atoms with van der Waals surface area (Å²) in [5.41, 5.74) is 1.35. The SMILES string of the molecule is CCN1CCc2nc(C(C)CNC)sc2C1. The first-order valence-electron chi connectivity index (χ1n) is 6.10. The molecule has 0 amide bonds. The lowest BCUT2D eigenvalue weighted by atomic mass is 10.1. The van der Waals surface area contributed by atoms with Gasteiger partial charge in [-0.1, -0.05) is 13.8 Å². The lowest BCUT2D eigenvalue weighted by molar-refractivity contribution is 0.269. The number of fused-ring (bicyclic) bond motifs is 1. The molecule has 1 aromatic heterocycles. The zero-order valence-corrected chi connectivity index (χ0v) is 11.2. The van der Waals surface area contributed by atoms with Gasteiger partial charge in [0.15, 0.2) is 0 Å². The van der Waals surface area contributed by atoms with Gasteiger partial charge in [-0.3, -0.25) is 4.90 Å². The largest absolute Gasteiger partial charge is 0.319 e. The van der Waals surface area contributed by atoms with Crippen molar-refractivity contribution >= 4 is 11.3 Å². The summed E-state index contributed by atoms with van der Waals surface area (Å²) in [6.45, 7) is 8.93. The Kier molecular flexibility index (Phi) is 3.95. The normalized spacial score (nSPS) is 18.4. The fourth-order valence-electron chi connectivity index (χ4n) is 2.14. The van der Waals surface area contributed by atoms with E-state index >= 15 is 0 Å². The van der Waals surface area contributed by atoms with Gasteiger partial charge in [0.25, 0.3) is 0 Å². The van der Waals surface area contributed by atoms with Crippen molar-refractivity contribution in [2.45, 2.75) is 32.7 Å². The Balaban J connectivity index is 2.11. The predicted molar refractivity (Wildman–Crippen MR) is 69.1 cm³/mol. The van der Waals surface area contributed by atoms with Crippen molar-refractivity contribution < 1.29 is 0 Å². The van der Waals surface area contributed by atoms with E-state index in [1.54, 1.807) is 0 Å². The molecule has 1 aromatic rings. The minimum atomic E-state index is 0.538. The van der Waals surface area contributed by atoms with Gasteiger partial charge in [0, 0.05) is 36.9 Å². The minimum Gasteiger partial charge on any atom is -0.319 e. The molecule has 1 aliphatic heterocycles. The summed E-state index contributed by atoms with van der Waals surface area (Å²) in [7, 11) is 2.00. The summed E-state index contributed by atoms with van der Waals surface area (Å²) >= 11 is 1.91. The van der Waals surface area contributed by atoms with E-state index in [0.29, 0.717) is 5.92 Å². The zero-order valence-electron chi connectivity index (χ0n) is 10.4. The van der Waals surface area contributed by atoms with E-state index in [2.05, 4.69) is 24.1 Å². The number of hydrogen-bond donors (Lipinski definition) is 1. The van der Waals surface area contributed by atoms with Gasteiger partial charge in [0.05, 0.1) is 10.7 Å². The fraction of sp³-hybridized carbons (Fsp3) is 0.750. The van der Waals surface area contributed by atoms with Crippen molar-refractivity contribution in [3.63, 3.8) is 0 Å². The Morgan fingerprint density at radius 3 is 3.06 bits per heavy atom. The Hall–Kier alpha value is -0.450.